The van der Waals surface area contributed by atoms with Gasteiger partial charge in [0.15, 0.2) is 12.2 Å². The summed E-state index contributed by atoms with van der Waals surface area (Å²) in [6.07, 6.45) is 80.2. The van der Waals surface area contributed by atoms with Gasteiger partial charge in [0.25, 0.3) is 0 Å². The molecule has 0 aliphatic heterocycles. The molecule has 0 heterocycles. The third-order valence-electron chi connectivity index (χ3n) is 15.6. The van der Waals surface area contributed by atoms with Crippen LogP contribution in [0.5, 0.6) is 0 Å². The van der Waals surface area contributed by atoms with Gasteiger partial charge < -0.3 is 33.8 Å². The largest absolute Gasteiger partial charge is 0.472 e. The Bertz CT molecular complexity index is 2420. The number of aliphatic hydroxyl groups is 1. The van der Waals surface area contributed by atoms with Gasteiger partial charge in [-0.25, -0.2) is 9.13 Å². The normalized spacial score (nSPS) is 14.7. The van der Waals surface area contributed by atoms with E-state index in [1.807, 2.05) is 12.2 Å². The van der Waals surface area contributed by atoms with E-state index in [1.54, 1.807) is 0 Å². The zero-order chi connectivity index (χ0) is 73.2. The first-order chi connectivity index (χ1) is 48.7. The molecular formula is C81H136O17P2. The van der Waals surface area contributed by atoms with E-state index >= 15 is 0 Å². The standard InChI is InChI=1S/C81H136O17P2/c1-5-9-13-17-21-25-29-33-36-37-40-43-46-50-54-58-62-66-79(84)92-72-77(98-81(86)68-64-60-56-52-48-44-39-35-31-27-23-19-15-11-7-3)74-96-100(89,90)94-70-75(82)69-93-99(87,88)95-73-76(97-80(85)67-63-59-55-51-47-41-32-28-24-20-16-12-8-4)71-91-78(83)65-61-57-53-49-45-42-38-34-30-26-22-18-14-10-6-2/h9-11,13-15,21-23,25-27,33-36,38-40,43,50,54,75-77,82H,5-8,12,16-20,24,28-32,37,41-42,44-49,51-53,55-74H2,1-4H3,(H,87,88)(H,89,90)/b13-9-,14-10-,15-11-,25-21-,26-22-,27-23-,36-33-,38-34-,39-35-,43-40-,54-50-. The van der Waals surface area contributed by atoms with Crippen LogP contribution in [-0.2, 0) is 65.4 Å². The Morgan fingerprint density at radius 1 is 0.290 bits per heavy atom. The van der Waals surface area contributed by atoms with Gasteiger partial charge in [0.2, 0.25) is 0 Å². The lowest BCUT2D eigenvalue weighted by molar-refractivity contribution is -0.161. The van der Waals surface area contributed by atoms with Crippen molar-refractivity contribution in [3.05, 3.63) is 134 Å². The Hall–Kier alpha value is -4.80. The second-order valence-electron chi connectivity index (χ2n) is 25.2. The fourth-order valence-corrected chi connectivity index (χ4v) is 11.5. The average molecular weight is 1440 g/mol. The van der Waals surface area contributed by atoms with Crippen LogP contribution in [0.1, 0.15) is 297 Å². The summed E-state index contributed by atoms with van der Waals surface area (Å²) in [5.74, 6) is -2.28. The summed E-state index contributed by atoms with van der Waals surface area (Å²) in [6, 6.07) is 0. The van der Waals surface area contributed by atoms with Gasteiger partial charge in [-0.3, -0.25) is 37.3 Å². The van der Waals surface area contributed by atoms with Crippen molar-refractivity contribution >= 4 is 39.5 Å². The zero-order valence-electron chi connectivity index (χ0n) is 62.3. The molecule has 0 spiro atoms. The molecule has 100 heavy (non-hydrogen) atoms. The molecule has 0 aromatic carbocycles. The van der Waals surface area contributed by atoms with Crippen LogP contribution in [0.2, 0.25) is 0 Å². The second kappa shape index (κ2) is 72.5. The van der Waals surface area contributed by atoms with E-state index in [-0.39, 0.29) is 25.7 Å². The van der Waals surface area contributed by atoms with Gasteiger partial charge >= 0.3 is 39.5 Å². The summed E-state index contributed by atoms with van der Waals surface area (Å²) in [5.41, 5.74) is 0. The number of ether oxygens (including phenoxy) is 4. The molecule has 0 aromatic rings. The number of allylic oxidation sites excluding steroid dienone is 22. The lowest BCUT2D eigenvalue weighted by Crippen LogP contribution is -2.30. The maximum Gasteiger partial charge on any atom is 0.472 e. The fourth-order valence-electron chi connectivity index (χ4n) is 9.87. The first-order valence-corrected chi connectivity index (χ1v) is 41.4. The molecule has 5 atom stereocenters. The van der Waals surface area contributed by atoms with Gasteiger partial charge in [0.1, 0.15) is 19.3 Å². The molecule has 0 radical (unpaired) electrons. The van der Waals surface area contributed by atoms with Gasteiger partial charge in [-0.1, -0.05) is 277 Å². The Morgan fingerprint density at radius 2 is 0.530 bits per heavy atom. The zero-order valence-corrected chi connectivity index (χ0v) is 64.1. The van der Waals surface area contributed by atoms with Crippen molar-refractivity contribution in [2.45, 2.75) is 316 Å². The van der Waals surface area contributed by atoms with E-state index in [9.17, 15) is 43.2 Å². The molecule has 19 heteroatoms. The summed E-state index contributed by atoms with van der Waals surface area (Å²) >= 11 is 0. The minimum absolute atomic E-state index is 0.0599. The van der Waals surface area contributed by atoms with Crippen molar-refractivity contribution in [3.8, 4) is 0 Å². The molecule has 0 rings (SSSR count). The van der Waals surface area contributed by atoms with E-state index in [2.05, 4.69) is 149 Å². The Kier molecular flexibility index (Phi) is 69.1. The highest BCUT2D eigenvalue weighted by atomic mass is 31.2. The summed E-state index contributed by atoms with van der Waals surface area (Å²) < 4.78 is 68.4. The van der Waals surface area contributed by atoms with Crippen molar-refractivity contribution in [2.24, 2.45) is 0 Å². The van der Waals surface area contributed by atoms with Crippen LogP contribution < -0.4 is 0 Å². The molecule has 0 bridgehead atoms. The highest BCUT2D eigenvalue weighted by Gasteiger charge is 2.30. The Balaban J connectivity index is 5.42. The predicted molar refractivity (Wildman–Crippen MR) is 408 cm³/mol. The molecule has 5 unspecified atom stereocenters. The third-order valence-corrected chi connectivity index (χ3v) is 17.5. The molecular weight excluding hydrogens is 1310 g/mol. The molecule has 0 amide bonds. The molecule has 0 aliphatic rings. The average Bonchev–Trinajstić information content (AvgIpc) is 1.06. The van der Waals surface area contributed by atoms with Crippen LogP contribution in [0.15, 0.2) is 134 Å². The highest BCUT2D eigenvalue weighted by Crippen LogP contribution is 2.45. The minimum Gasteiger partial charge on any atom is -0.462 e. The quantitative estimate of drug-likeness (QED) is 0.0169. The number of phosphoric acid groups is 2. The molecule has 0 aromatic heterocycles. The SMILES string of the molecule is CC/C=C\C/C=C\C/C=C\C/C=C\C/C=C\CCCC(=O)OCC(COP(=O)(O)OCC(O)COP(=O)(O)OCC(COC(=O)CCCCCCC/C=C\C/C=C\C/C=C\CC)OC(=O)CCCCCCCCCCCCCCC)OC(=O)CCCCCCC/C=C\C/C=C\C/C=C\CC. The number of carbonyl (C=O) groups excluding carboxylic acids is 4. The van der Waals surface area contributed by atoms with Crippen LogP contribution in [0.3, 0.4) is 0 Å². The third kappa shape index (κ3) is 71.6. The summed E-state index contributed by atoms with van der Waals surface area (Å²) in [7, 11) is -9.98. The molecule has 0 saturated heterocycles. The van der Waals surface area contributed by atoms with E-state index in [4.69, 9.17) is 37.0 Å². The van der Waals surface area contributed by atoms with E-state index in [1.165, 1.54) is 51.4 Å². The highest BCUT2D eigenvalue weighted by molar-refractivity contribution is 7.47. The summed E-state index contributed by atoms with van der Waals surface area (Å²) in [6.45, 7) is 4.44. The fraction of sp³-hybridized carbons (Fsp3) is 0.679. The van der Waals surface area contributed by atoms with Crippen LogP contribution in [-0.4, -0.2) is 96.7 Å². The topological polar surface area (TPSA) is 237 Å². The lowest BCUT2D eigenvalue weighted by Gasteiger charge is -2.21. The maximum absolute atomic E-state index is 13.1. The van der Waals surface area contributed by atoms with Gasteiger partial charge in [0, 0.05) is 25.7 Å². The lowest BCUT2D eigenvalue weighted by atomic mass is 10.0. The number of hydrogen-bond acceptors (Lipinski definition) is 15. The molecule has 0 saturated carbocycles. The molecule has 0 fully saturated rings. The number of hydrogen-bond donors (Lipinski definition) is 3. The van der Waals surface area contributed by atoms with E-state index in [0.717, 1.165) is 161 Å². The van der Waals surface area contributed by atoms with Crippen LogP contribution in [0, 0.1) is 0 Å². The number of aliphatic hydroxyl groups excluding tert-OH is 1. The van der Waals surface area contributed by atoms with Crippen LogP contribution in [0.25, 0.3) is 0 Å². The summed E-state index contributed by atoms with van der Waals surface area (Å²) in [5, 5.41) is 10.6. The minimum atomic E-state index is -5.00. The van der Waals surface area contributed by atoms with E-state index < -0.39 is 97.5 Å². The number of phosphoric ester groups is 2. The maximum atomic E-state index is 13.1. The van der Waals surface area contributed by atoms with Crippen molar-refractivity contribution in [3.63, 3.8) is 0 Å². The smallest absolute Gasteiger partial charge is 0.462 e. The van der Waals surface area contributed by atoms with Gasteiger partial charge in [-0.2, -0.15) is 0 Å². The Labute approximate surface area is 605 Å². The van der Waals surface area contributed by atoms with Crippen LogP contribution >= 0.6 is 15.6 Å². The van der Waals surface area contributed by atoms with Crippen molar-refractivity contribution in [1.29, 1.82) is 0 Å². The molecule has 0 aliphatic carbocycles. The summed E-state index contributed by atoms with van der Waals surface area (Å²) in [4.78, 5) is 72.9. The monoisotopic (exact) mass is 1440 g/mol. The van der Waals surface area contributed by atoms with Gasteiger partial charge in [0.05, 0.1) is 26.4 Å². The molecule has 17 nitrogen and oxygen atoms in total. The number of carbonyl (C=O) groups is 4. The first kappa shape index (κ1) is 95.2. The van der Waals surface area contributed by atoms with Crippen molar-refractivity contribution < 1.29 is 80.2 Å². The Morgan fingerprint density at radius 3 is 0.840 bits per heavy atom. The van der Waals surface area contributed by atoms with E-state index in [0.29, 0.717) is 32.1 Å². The number of unbranched alkanes of at least 4 members (excludes halogenated alkanes) is 23. The number of esters is 4. The van der Waals surface area contributed by atoms with Gasteiger partial charge in [-0.15, -0.1) is 0 Å². The molecule has 3 N–H and O–H groups in total. The molecule has 572 valence electrons. The van der Waals surface area contributed by atoms with Crippen molar-refractivity contribution in [1.82, 2.24) is 0 Å². The number of rotatable bonds is 71. The second-order valence-corrected chi connectivity index (χ2v) is 28.1. The predicted octanol–water partition coefficient (Wildman–Crippen LogP) is 22.1. The van der Waals surface area contributed by atoms with Gasteiger partial charge in [-0.05, 0) is 128 Å². The van der Waals surface area contributed by atoms with Crippen LogP contribution in [0.4, 0.5) is 0 Å². The first-order valence-electron chi connectivity index (χ1n) is 38.4. The van der Waals surface area contributed by atoms with Crippen molar-refractivity contribution in [2.75, 3.05) is 39.6 Å².